The van der Waals surface area contributed by atoms with Crippen molar-refractivity contribution in [1.29, 1.82) is 0 Å². The maximum absolute atomic E-state index is 12.7. The van der Waals surface area contributed by atoms with Crippen LogP contribution in [0.1, 0.15) is 31.7 Å². The van der Waals surface area contributed by atoms with Gasteiger partial charge in [-0.1, -0.05) is 0 Å². The fourth-order valence-electron chi connectivity index (χ4n) is 2.47. The number of carbonyl (C=O) groups is 2. The summed E-state index contributed by atoms with van der Waals surface area (Å²) in [6.07, 6.45) is -3.33. The summed E-state index contributed by atoms with van der Waals surface area (Å²) in [6, 6.07) is 1.71. The Morgan fingerprint density at radius 2 is 2.12 bits per heavy atom. The Morgan fingerprint density at radius 1 is 1.36 bits per heavy atom. The number of hydrogen-bond donors (Lipinski definition) is 0. The Hall–Kier alpha value is -2.32. The lowest BCUT2D eigenvalue weighted by atomic mass is 10.2. The third kappa shape index (κ3) is 5.61. The molecule has 0 saturated carbocycles. The first-order valence-corrected chi connectivity index (χ1v) is 7.93. The second-order valence-corrected chi connectivity index (χ2v) is 5.55. The van der Waals surface area contributed by atoms with Gasteiger partial charge in [0.2, 0.25) is 11.8 Å². The van der Waals surface area contributed by atoms with Crippen LogP contribution >= 0.6 is 0 Å². The van der Waals surface area contributed by atoms with Crippen molar-refractivity contribution < 1.29 is 32.2 Å². The summed E-state index contributed by atoms with van der Waals surface area (Å²) in [7, 11) is 0. The lowest BCUT2D eigenvalue weighted by Gasteiger charge is -2.17. The Labute approximate surface area is 142 Å². The molecule has 1 aromatic heterocycles. The van der Waals surface area contributed by atoms with Crippen LogP contribution in [0.25, 0.3) is 0 Å². The molecule has 1 aliphatic heterocycles. The van der Waals surface area contributed by atoms with E-state index >= 15 is 0 Å². The predicted octanol–water partition coefficient (Wildman–Crippen LogP) is 2.42. The largest absolute Gasteiger partial charge is 0.472 e. The number of aromatic nitrogens is 1. The van der Waals surface area contributed by atoms with Crippen molar-refractivity contribution in [2.75, 3.05) is 19.7 Å². The van der Waals surface area contributed by atoms with E-state index < -0.39 is 23.8 Å². The van der Waals surface area contributed by atoms with Gasteiger partial charge in [-0.25, -0.2) is 4.98 Å². The van der Waals surface area contributed by atoms with Crippen molar-refractivity contribution in [3.63, 3.8) is 0 Å². The minimum atomic E-state index is -4.47. The zero-order valence-electron chi connectivity index (χ0n) is 13.7. The van der Waals surface area contributed by atoms with Gasteiger partial charge in [0.15, 0.2) is 0 Å². The van der Waals surface area contributed by atoms with E-state index in [4.69, 9.17) is 9.47 Å². The molecule has 1 aromatic rings. The molecule has 9 heteroatoms. The second kappa shape index (κ2) is 8.17. The summed E-state index contributed by atoms with van der Waals surface area (Å²) in [6.45, 7) is 2.62. The highest BCUT2D eigenvalue weighted by atomic mass is 19.4. The molecule has 2 rings (SSSR count). The van der Waals surface area contributed by atoms with E-state index in [-0.39, 0.29) is 37.8 Å². The minimum Gasteiger partial charge on any atom is -0.472 e. The molecule has 0 spiro atoms. The fraction of sp³-hybridized carbons (Fsp3) is 0.562. The Balaban J connectivity index is 1.85. The third-order valence-corrected chi connectivity index (χ3v) is 3.70. The average Bonchev–Trinajstić information content (AvgIpc) is 3.01. The molecule has 1 saturated heterocycles. The second-order valence-electron chi connectivity index (χ2n) is 5.55. The molecule has 0 N–H and O–H groups in total. The van der Waals surface area contributed by atoms with Gasteiger partial charge in [0.25, 0.3) is 0 Å². The van der Waals surface area contributed by atoms with Crippen LogP contribution in [-0.4, -0.2) is 47.6 Å². The van der Waals surface area contributed by atoms with Gasteiger partial charge in [0, 0.05) is 31.6 Å². The van der Waals surface area contributed by atoms with Crippen molar-refractivity contribution >= 4 is 11.9 Å². The molecule has 0 aromatic carbocycles. The number of ether oxygens (including phenoxy) is 2. The number of pyridine rings is 1. The monoisotopic (exact) mass is 360 g/mol. The van der Waals surface area contributed by atoms with Gasteiger partial charge < -0.3 is 14.4 Å². The van der Waals surface area contributed by atoms with Crippen molar-refractivity contribution in [3.8, 4) is 5.88 Å². The molecule has 0 radical (unpaired) electrons. The smallest absolute Gasteiger partial charge is 0.416 e. The fourth-order valence-corrected chi connectivity index (χ4v) is 2.47. The van der Waals surface area contributed by atoms with Crippen LogP contribution in [0.15, 0.2) is 18.3 Å². The van der Waals surface area contributed by atoms with E-state index in [2.05, 4.69) is 4.98 Å². The number of halogens is 3. The lowest BCUT2D eigenvalue weighted by molar-refractivity contribution is -0.145. The zero-order valence-corrected chi connectivity index (χ0v) is 13.7. The SMILES string of the molecule is CCOC(=O)CCC(=O)N1CC[C@@H](Oc2cc(C(F)(F)F)ccn2)C1. The lowest BCUT2D eigenvalue weighted by Crippen LogP contribution is -2.31. The molecule has 0 aliphatic carbocycles. The molecule has 1 amide bonds. The van der Waals surface area contributed by atoms with E-state index in [0.717, 1.165) is 18.3 Å². The van der Waals surface area contributed by atoms with E-state index in [1.165, 1.54) is 4.90 Å². The van der Waals surface area contributed by atoms with Gasteiger partial charge in [0.05, 0.1) is 25.1 Å². The van der Waals surface area contributed by atoms with Gasteiger partial charge in [0.1, 0.15) is 6.10 Å². The summed E-state index contributed by atoms with van der Waals surface area (Å²) >= 11 is 0. The molecule has 25 heavy (non-hydrogen) atoms. The number of nitrogens with zero attached hydrogens (tertiary/aromatic N) is 2. The predicted molar refractivity (Wildman–Crippen MR) is 80.7 cm³/mol. The Bertz CT molecular complexity index is 622. The highest BCUT2D eigenvalue weighted by Crippen LogP contribution is 2.31. The summed E-state index contributed by atoms with van der Waals surface area (Å²) in [5.74, 6) is -0.771. The van der Waals surface area contributed by atoms with E-state index in [1.807, 2.05) is 0 Å². The van der Waals surface area contributed by atoms with Crippen molar-refractivity contribution in [1.82, 2.24) is 9.88 Å². The summed E-state index contributed by atoms with van der Waals surface area (Å²) < 4.78 is 48.3. The molecule has 138 valence electrons. The third-order valence-electron chi connectivity index (χ3n) is 3.70. The first-order valence-electron chi connectivity index (χ1n) is 7.93. The molecular weight excluding hydrogens is 341 g/mol. The molecule has 6 nitrogen and oxygen atoms in total. The molecule has 2 heterocycles. The number of amides is 1. The van der Waals surface area contributed by atoms with E-state index in [1.54, 1.807) is 6.92 Å². The normalized spacial score (nSPS) is 17.4. The van der Waals surface area contributed by atoms with Gasteiger partial charge in [-0.3, -0.25) is 9.59 Å². The molecule has 1 atom stereocenters. The summed E-state index contributed by atoms with van der Waals surface area (Å²) in [5.41, 5.74) is -0.835. The highest BCUT2D eigenvalue weighted by molar-refractivity contribution is 5.81. The van der Waals surface area contributed by atoms with Crippen molar-refractivity contribution in [2.45, 2.75) is 38.5 Å². The van der Waals surface area contributed by atoms with E-state index in [9.17, 15) is 22.8 Å². The maximum Gasteiger partial charge on any atom is 0.416 e. The van der Waals surface area contributed by atoms with Crippen molar-refractivity contribution in [2.24, 2.45) is 0 Å². The first-order chi connectivity index (χ1) is 11.8. The number of likely N-dealkylation sites (tertiary alicyclic amines) is 1. The van der Waals surface area contributed by atoms with Crippen LogP contribution in [0, 0.1) is 0 Å². The average molecular weight is 360 g/mol. The molecule has 1 aliphatic rings. The molecular formula is C16H19F3N2O4. The van der Waals surface area contributed by atoms with Crippen molar-refractivity contribution in [3.05, 3.63) is 23.9 Å². The maximum atomic E-state index is 12.7. The van der Waals surface area contributed by atoms with E-state index in [0.29, 0.717) is 13.0 Å². The Morgan fingerprint density at radius 3 is 2.80 bits per heavy atom. The zero-order chi connectivity index (χ0) is 18.4. The molecule has 0 bridgehead atoms. The molecule has 1 fully saturated rings. The summed E-state index contributed by atoms with van der Waals surface area (Å²) in [4.78, 5) is 28.6. The summed E-state index contributed by atoms with van der Waals surface area (Å²) in [5, 5.41) is 0. The minimum absolute atomic E-state index is 0.00385. The number of carbonyl (C=O) groups excluding carboxylic acids is 2. The first kappa shape index (κ1) is 19.0. The van der Waals surface area contributed by atoms with Crippen LogP contribution in [-0.2, 0) is 20.5 Å². The van der Waals surface area contributed by atoms with Gasteiger partial charge in [-0.2, -0.15) is 13.2 Å². The number of alkyl halides is 3. The van der Waals surface area contributed by atoms with Gasteiger partial charge in [-0.05, 0) is 13.0 Å². The van der Waals surface area contributed by atoms with Crippen LogP contribution < -0.4 is 4.74 Å². The van der Waals surface area contributed by atoms with Crippen LogP contribution in [0.3, 0.4) is 0 Å². The van der Waals surface area contributed by atoms with Crippen LogP contribution in [0.5, 0.6) is 5.88 Å². The van der Waals surface area contributed by atoms with Gasteiger partial charge >= 0.3 is 12.1 Å². The topological polar surface area (TPSA) is 68.7 Å². The Kier molecular flexibility index (Phi) is 6.22. The molecule has 0 unspecified atom stereocenters. The highest BCUT2D eigenvalue weighted by Gasteiger charge is 2.32. The number of hydrogen-bond acceptors (Lipinski definition) is 5. The van der Waals surface area contributed by atoms with Gasteiger partial charge in [-0.15, -0.1) is 0 Å². The standard InChI is InChI=1S/C16H19F3N2O4/c1-2-24-15(23)4-3-14(22)21-8-6-12(10-21)25-13-9-11(5-7-20-13)16(17,18)19/h5,7,9,12H,2-4,6,8,10H2,1H3/t12-/m1/s1. The number of rotatable bonds is 6. The van der Waals surface area contributed by atoms with Crippen LogP contribution in [0.2, 0.25) is 0 Å². The van der Waals surface area contributed by atoms with Crippen LogP contribution in [0.4, 0.5) is 13.2 Å². The number of esters is 1. The quantitative estimate of drug-likeness (QED) is 0.729.